The molecule has 6 heterocycles. The van der Waals surface area contributed by atoms with Crippen LogP contribution in [0, 0.1) is 5.92 Å². The number of carbonyl (C=O) groups is 2. The minimum atomic E-state index is -1.83. The molecule has 8 nitrogen and oxygen atoms in total. The van der Waals surface area contributed by atoms with Gasteiger partial charge in [0.2, 0.25) is 5.60 Å². The topological polar surface area (TPSA) is 101 Å². The first kappa shape index (κ1) is 24.9. The van der Waals surface area contributed by atoms with Gasteiger partial charge in [-0.2, -0.15) is 22.7 Å². The summed E-state index contributed by atoms with van der Waals surface area (Å²) in [7, 11) is 0. The number of nitrogens with zero attached hydrogens (tertiary/aromatic N) is 3. The van der Waals surface area contributed by atoms with Gasteiger partial charge in [0.25, 0.3) is 5.91 Å². The molecule has 6 rings (SSSR count). The molecule has 2 N–H and O–H groups in total. The lowest BCUT2D eigenvalue weighted by Gasteiger charge is -2.51. The number of thiophene rings is 2. The van der Waals surface area contributed by atoms with Crippen molar-refractivity contribution in [2.45, 2.75) is 24.5 Å². The third-order valence-electron chi connectivity index (χ3n) is 6.80. The van der Waals surface area contributed by atoms with Gasteiger partial charge in [-0.05, 0) is 33.7 Å². The van der Waals surface area contributed by atoms with Crippen LogP contribution in [-0.4, -0.2) is 63.7 Å². The van der Waals surface area contributed by atoms with Crippen LogP contribution in [-0.2, 0) is 19.9 Å². The standard InChI is InChI=1S/C23H24N4O4S2.BrH/c28-21(26-19-9-24-15-25-10-19)12-27-5-1-16(2-6-27)20(11-27)31-22(29)23(30,17-3-7-32-13-17)18-4-8-33-14-18;/h3-4,7-10,13-16,20,30H,1-2,5-6,11-12H2;1H/t16?,20-,27?;/m0./s1. The summed E-state index contributed by atoms with van der Waals surface area (Å²) < 4.78 is 6.59. The number of aliphatic hydroxyl groups is 1. The molecule has 3 fully saturated rings. The Kier molecular flexibility index (Phi) is 7.48. The van der Waals surface area contributed by atoms with Crippen molar-refractivity contribution in [3.8, 4) is 0 Å². The number of hydrogen-bond donors (Lipinski definition) is 2. The van der Waals surface area contributed by atoms with Crippen molar-refractivity contribution in [2.24, 2.45) is 5.92 Å². The molecule has 1 amide bonds. The van der Waals surface area contributed by atoms with E-state index in [9.17, 15) is 14.7 Å². The first-order valence-electron chi connectivity index (χ1n) is 10.9. The van der Waals surface area contributed by atoms with Crippen molar-refractivity contribution in [1.82, 2.24) is 9.97 Å². The van der Waals surface area contributed by atoms with Crippen molar-refractivity contribution in [1.29, 1.82) is 0 Å². The molecular formula is C23H25BrN4O4S2. The van der Waals surface area contributed by atoms with Crippen LogP contribution in [0.1, 0.15) is 24.0 Å². The van der Waals surface area contributed by atoms with Gasteiger partial charge in [0.1, 0.15) is 12.9 Å². The molecule has 0 aromatic carbocycles. The van der Waals surface area contributed by atoms with Crippen LogP contribution in [0.15, 0.2) is 52.4 Å². The van der Waals surface area contributed by atoms with Crippen LogP contribution >= 0.6 is 22.7 Å². The summed E-state index contributed by atoms with van der Waals surface area (Å²) in [5.41, 5.74) is -0.232. The van der Waals surface area contributed by atoms with Crippen LogP contribution in [0.2, 0.25) is 0 Å². The maximum absolute atomic E-state index is 13.4. The molecule has 1 atom stereocenters. The smallest absolute Gasteiger partial charge is 0.348 e. The van der Waals surface area contributed by atoms with Gasteiger partial charge in [0.05, 0.1) is 31.2 Å². The van der Waals surface area contributed by atoms with E-state index in [0.717, 1.165) is 25.9 Å². The molecule has 34 heavy (non-hydrogen) atoms. The Morgan fingerprint density at radius 3 is 2.29 bits per heavy atom. The summed E-state index contributed by atoms with van der Waals surface area (Å²) in [5.74, 6) is -0.515. The average molecular weight is 566 g/mol. The van der Waals surface area contributed by atoms with Crippen LogP contribution in [0.25, 0.3) is 0 Å². The first-order chi connectivity index (χ1) is 16.0. The molecule has 3 aliphatic rings. The number of ether oxygens (including phenoxy) is 1. The lowest BCUT2D eigenvalue weighted by Crippen LogP contribution is -3.00. The van der Waals surface area contributed by atoms with Gasteiger partial charge in [-0.25, -0.2) is 14.8 Å². The zero-order chi connectivity index (χ0) is 22.9. The van der Waals surface area contributed by atoms with E-state index in [1.54, 1.807) is 35.3 Å². The molecule has 3 saturated heterocycles. The maximum Gasteiger partial charge on any atom is 0.348 e. The molecule has 11 heteroatoms. The van der Waals surface area contributed by atoms with E-state index in [1.807, 2.05) is 10.8 Å². The van der Waals surface area contributed by atoms with Gasteiger partial charge < -0.3 is 36.6 Å². The number of fused-ring (bicyclic) bond motifs is 3. The van der Waals surface area contributed by atoms with E-state index >= 15 is 0 Å². The largest absolute Gasteiger partial charge is 1.00 e. The van der Waals surface area contributed by atoms with E-state index in [4.69, 9.17) is 4.74 Å². The zero-order valence-electron chi connectivity index (χ0n) is 18.3. The van der Waals surface area contributed by atoms with Crippen molar-refractivity contribution in [3.63, 3.8) is 0 Å². The monoisotopic (exact) mass is 564 g/mol. The predicted octanol–water partition coefficient (Wildman–Crippen LogP) is -0.370. The molecule has 0 saturated carbocycles. The predicted molar refractivity (Wildman–Crippen MR) is 125 cm³/mol. The quantitative estimate of drug-likeness (QED) is 0.300. The summed E-state index contributed by atoms with van der Waals surface area (Å²) >= 11 is 2.85. The summed E-state index contributed by atoms with van der Waals surface area (Å²) in [6, 6.07) is 3.51. The fraction of sp³-hybridized carbons (Fsp3) is 0.391. The number of piperidine rings is 3. The maximum atomic E-state index is 13.4. The number of carbonyl (C=O) groups excluding carboxylic acids is 2. The van der Waals surface area contributed by atoms with Gasteiger partial charge in [-0.15, -0.1) is 0 Å². The number of halogens is 1. The number of esters is 1. The third-order valence-corrected chi connectivity index (χ3v) is 8.16. The highest BCUT2D eigenvalue weighted by Crippen LogP contribution is 2.39. The fourth-order valence-electron chi connectivity index (χ4n) is 5.01. The van der Waals surface area contributed by atoms with Crippen LogP contribution in [0.5, 0.6) is 0 Å². The minimum Gasteiger partial charge on any atom is -1.00 e. The summed E-state index contributed by atoms with van der Waals surface area (Å²) in [6.07, 6.45) is 5.97. The minimum absolute atomic E-state index is 0. The second kappa shape index (κ2) is 10.2. The Morgan fingerprint density at radius 1 is 1.12 bits per heavy atom. The molecule has 0 spiro atoms. The van der Waals surface area contributed by atoms with Gasteiger partial charge in [-0.3, -0.25) is 4.79 Å². The molecule has 0 unspecified atom stereocenters. The van der Waals surface area contributed by atoms with Crippen LogP contribution in [0.4, 0.5) is 5.69 Å². The van der Waals surface area contributed by atoms with Crippen molar-refractivity contribution in [3.05, 3.63) is 63.5 Å². The molecule has 180 valence electrons. The molecule has 0 aliphatic carbocycles. The third kappa shape index (κ3) is 4.80. The van der Waals surface area contributed by atoms with E-state index in [0.29, 0.717) is 34.4 Å². The zero-order valence-corrected chi connectivity index (χ0v) is 21.5. The number of rotatable bonds is 7. The van der Waals surface area contributed by atoms with E-state index in [-0.39, 0.29) is 34.9 Å². The molecule has 3 aromatic heterocycles. The van der Waals surface area contributed by atoms with Crippen molar-refractivity contribution in [2.75, 3.05) is 31.5 Å². The number of hydrogen-bond acceptors (Lipinski definition) is 8. The lowest BCUT2D eigenvalue weighted by molar-refractivity contribution is -0.939. The number of anilines is 1. The Labute approximate surface area is 216 Å². The lowest BCUT2D eigenvalue weighted by atomic mass is 9.82. The summed E-state index contributed by atoms with van der Waals surface area (Å²) in [5, 5.41) is 21.6. The van der Waals surface area contributed by atoms with Crippen molar-refractivity contribution < 1.29 is 40.9 Å². The Balaban J connectivity index is 0.00000274. The number of nitrogens with one attached hydrogen (secondary N) is 1. The van der Waals surface area contributed by atoms with E-state index in [2.05, 4.69) is 15.3 Å². The van der Waals surface area contributed by atoms with Gasteiger partial charge >= 0.3 is 5.97 Å². The molecule has 3 aliphatic heterocycles. The van der Waals surface area contributed by atoms with E-state index < -0.39 is 11.6 Å². The number of aromatic nitrogens is 2. The molecule has 2 bridgehead atoms. The number of amides is 1. The second-order valence-corrected chi connectivity index (χ2v) is 10.4. The van der Waals surface area contributed by atoms with Crippen LogP contribution < -0.4 is 22.3 Å². The van der Waals surface area contributed by atoms with Crippen molar-refractivity contribution >= 4 is 40.2 Å². The highest BCUT2D eigenvalue weighted by atomic mass is 79.9. The highest BCUT2D eigenvalue weighted by molar-refractivity contribution is 7.08. The van der Waals surface area contributed by atoms with Gasteiger partial charge in [-0.1, -0.05) is 0 Å². The Hall–Kier alpha value is -2.18. The van der Waals surface area contributed by atoms with E-state index in [1.165, 1.54) is 29.0 Å². The molecular weight excluding hydrogens is 540 g/mol. The summed E-state index contributed by atoms with van der Waals surface area (Å²) in [6.45, 7) is 2.61. The van der Waals surface area contributed by atoms with Gasteiger partial charge in [0, 0.05) is 29.9 Å². The summed E-state index contributed by atoms with van der Waals surface area (Å²) in [4.78, 5) is 34.0. The highest BCUT2D eigenvalue weighted by Gasteiger charge is 2.51. The Morgan fingerprint density at radius 2 is 1.74 bits per heavy atom. The number of quaternary nitrogens is 1. The molecule has 0 radical (unpaired) electrons. The first-order valence-corrected chi connectivity index (χ1v) is 12.8. The SMILES string of the molecule is O=C(C[N+]12CCC(CC1)[C@@H](OC(=O)C(O)(c1ccsc1)c1ccsc1)C2)Nc1cncnc1.[Br-]. The average Bonchev–Trinajstić information content (AvgIpc) is 3.54. The Bertz CT molecular complexity index is 1070. The second-order valence-electron chi connectivity index (χ2n) is 8.82. The fourth-order valence-corrected chi connectivity index (χ4v) is 6.41. The molecule has 3 aromatic rings. The normalized spacial score (nSPS) is 23.7. The van der Waals surface area contributed by atoms with Crippen LogP contribution in [0.3, 0.4) is 0 Å². The van der Waals surface area contributed by atoms with Gasteiger partial charge in [0.15, 0.2) is 12.6 Å².